The van der Waals surface area contributed by atoms with E-state index in [9.17, 15) is 5.11 Å². The average molecular weight is 294 g/mol. The zero-order valence-electron chi connectivity index (χ0n) is 11.8. The van der Waals surface area contributed by atoms with Gasteiger partial charge in [-0.3, -0.25) is 4.68 Å². The fourth-order valence-corrected chi connectivity index (χ4v) is 2.34. The van der Waals surface area contributed by atoms with Crippen LogP contribution in [0.15, 0.2) is 36.7 Å². The van der Waals surface area contributed by atoms with Crippen molar-refractivity contribution in [3.05, 3.63) is 52.8 Å². The minimum Gasteiger partial charge on any atom is -0.387 e. The summed E-state index contributed by atoms with van der Waals surface area (Å²) in [5.74, 6) is 0. The summed E-state index contributed by atoms with van der Waals surface area (Å²) in [5.41, 5.74) is 1.90. The number of hydrogen-bond donors (Lipinski definition) is 2. The quantitative estimate of drug-likeness (QED) is 0.860. The minimum atomic E-state index is -0.606. The zero-order valence-corrected chi connectivity index (χ0v) is 12.5. The lowest BCUT2D eigenvalue weighted by atomic mass is 10.1. The van der Waals surface area contributed by atoms with Crippen LogP contribution in [0.5, 0.6) is 0 Å². The van der Waals surface area contributed by atoms with Crippen molar-refractivity contribution < 1.29 is 5.11 Å². The van der Waals surface area contributed by atoms with Crippen LogP contribution in [-0.2, 0) is 6.54 Å². The Kier molecular flexibility index (Phi) is 5.17. The average Bonchev–Trinajstić information content (AvgIpc) is 2.82. The number of aromatic nitrogens is 2. The molecule has 2 N–H and O–H groups in total. The van der Waals surface area contributed by atoms with E-state index in [1.807, 2.05) is 42.2 Å². The highest BCUT2D eigenvalue weighted by atomic mass is 35.5. The first kappa shape index (κ1) is 15.0. The molecule has 0 saturated heterocycles. The first-order chi connectivity index (χ1) is 9.56. The highest BCUT2D eigenvalue weighted by Gasteiger charge is 2.12. The molecule has 2 atom stereocenters. The first-order valence-corrected chi connectivity index (χ1v) is 7.09. The van der Waals surface area contributed by atoms with Gasteiger partial charge in [0.25, 0.3) is 0 Å². The smallest absolute Gasteiger partial charge is 0.0928 e. The van der Waals surface area contributed by atoms with E-state index in [1.165, 1.54) is 0 Å². The highest BCUT2D eigenvalue weighted by Crippen LogP contribution is 2.21. The van der Waals surface area contributed by atoms with Crippen molar-refractivity contribution in [2.45, 2.75) is 32.5 Å². The molecule has 108 valence electrons. The van der Waals surface area contributed by atoms with Crippen LogP contribution in [0, 0.1) is 6.92 Å². The van der Waals surface area contributed by atoms with Gasteiger partial charge in [-0.15, -0.1) is 0 Å². The summed E-state index contributed by atoms with van der Waals surface area (Å²) < 4.78 is 1.90. The predicted molar refractivity (Wildman–Crippen MR) is 80.8 cm³/mol. The summed E-state index contributed by atoms with van der Waals surface area (Å²) in [7, 11) is 0. The van der Waals surface area contributed by atoms with Crippen molar-refractivity contribution in [1.82, 2.24) is 15.1 Å². The number of aliphatic hydroxyl groups is 1. The number of nitrogens with one attached hydrogen (secondary N) is 1. The monoisotopic (exact) mass is 293 g/mol. The molecule has 0 aliphatic rings. The molecule has 0 aliphatic carbocycles. The van der Waals surface area contributed by atoms with Crippen LogP contribution in [0.25, 0.3) is 0 Å². The lowest BCUT2D eigenvalue weighted by molar-refractivity contribution is 0.169. The normalized spacial score (nSPS) is 14.2. The second-order valence-corrected chi connectivity index (χ2v) is 5.49. The van der Waals surface area contributed by atoms with Gasteiger partial charge in [0, 0.05) is 29.4 Å². The molecule has 0 amide bonds. The van der Waals surface area contributed by atoms with E-state index in [-0.39, 0.29) is 6.04 Å². The number of benzene rings is 1. The summed E-state index contributed by atoms with van der Waals surface area (Å²) in [5, 5.41) is 18.3. The molecule has 2 rings (SSSR count). The van der Waals surface area contributed by atoms with Crippen molar-refractivity contribution in [2.24, 2.45) is 0 Å². The molecule has 0 radical (unpaired) electrons. The van der Waals surface area contributed by atoms with E-state index in [2.05, 4.69) is 17.3 Å². The van der Waals surface area contributed by atoms with Crippen molar-refractivity contribution >= 4 is 11.6 Å². The van der Waals surface area contributed by atoms with Crippen LogP contribution in [0.4, 0.5) is 0 Å². The number of rotatable bonds is 6. The maximum absolute atomic E-state index is 10.2. The van der Waals surface area contributed by atoms with Gasteiger partial charge in [0.05, 0.1) is 18.8 Å². The maximum atomic E-state index is 10.2. The van der Waals surface area contributed by atoms with E-state index in [0.29, 0.717) is 11.6 Å². The first-order valence-electron chi connectivity index (χ1n) is 6.71. The van der Waals surface area contributed by atoms with Crippen molar-refractivity contribution in [2.75, 3.05) is 6.54 Å². The number of aryl methyl sites for hydroxylation is 1. The van der Waals surface area contributed by atoms with Gasteiger partial charge in [0.2, 0.25) is 0 Å². The zero-order chi connectivity index (χ0) is 14.5. The summed E-state index contributed by atoms with van der Waals surface area (Å²) in [6.45, 7) is 5.31. The van der Waals surface area contributed by atoms with E-state index in [4.69, 9.17) is 11.6 Å². The van der Waals surface area contributed by atoms with Gasteiger partial charge in [0.15, 0.2) is 0 Å². The molecular weight excluding hydrogens is 274 g/mol. The van der Waals surface area contributed by atoms with Gasteiger partial charge < -0.3 is 10.4 Å². The number of halogens is 1. The summed E-state index contributed by atoms with van der Waals surface area (Å²) in [4.78, 5) is 0. The van der Waals surface area contributed by atoms with E-state index < -0.39 is 6.10 Å². The molecular formula is C15H20ClN3O. The second-order valence-electron chi connectivity index (χ2n) is 5.09. The molecule has 4 nitrogen and oxygen atoms in total. The fourth-order valence-electron chi connectivity index (χ4n) is 2.08. The summed E-state index contributed by atoms with van der Waals surface area (Å²) in [6.07, 6.45) is 3.24. The SMILES string of the molecule is Cc1cnn(C[C@H](C)NC[C@H](O)c2ccccc2Cl)c1. The third-order valence-electron chi connectivity index (χ3n) is 3.15. The topological polar surface area (TPSA) is 50.1 Å². The molecule has 20 heavy (non-hydrogen) atoms. The van der Waals surface area contributed by atoms with E-state index in [1.54, 1.807) is 6.07 Å². The Balaban J connectivity index is 1.84. The molecule has 0 fully saturated rings. The van der Waals surface area contributed by atoms with Gasteiger partial charge in [-0.25, -0.2) is 0 Å². The van der Waals surface area contributed by atoms with Gasteiger partial charge in [-0.05, 0) is 25.5 Å². The molecule has 0 unspecified atom stereocenters. The van der Waals surface area contributed by atoms with E-state index >= 15 is 0 Å². The van der Waals surface area contributed by atoms with Crippen LogP contribution >= 0.6 is 11.6 Å². The summed E-state index contributed by atoms with van der Waals surface area (Å²) >= 11 is 6.07. The molecule has 5 heteroatoms. The molecule has 1 aromatic carbocycles. The molecule has 2 aromatic rings. The maximum Gasteiger partial charge on any atom is 0.0928 e. The van der Waals surface area contributed by atoms with Crippen LogP contribution < -0.4 is 5.32 Å². The van der Waals surface area contributed by atoms with Crippen LogP contribution in [0.2, 0.25) is 5.02 Å². The Bertz CT molecular complexity index is 556. The highest BCUT2D eigenvalue weighted by molar-refractivity contribution is 6.31. The Morgan fingerprint density at radius 2 is 2.15 bits per heavy atom. The minimum absolute atomic E-state index is 0.214. The van der Waals surface area contributed by atoms with Gasteiger partial charge in [-0.2, -0.15) is 5.10 Å². The van der Waals surface area contributed by atoms with Gasteiger partial charge in [-0.1, -0.05) is 29.8 Å². The van der Waals surface area contributed by atoms with Gasteiger partial charge in [0.1, 0.15) is 0 Å². The lowest BCUT2D eigenvalue weighted by Gasteiger charge is -2.18. The summed E-state index contributed by atoms with van der Waals surface area (Å²) in [6, 6.07) is 7.58. The lowest BCUT2D eigenvalue weighted by Crippen LogP contribution is -2.34. The molecule has 1 heterocycles. The molecule has 0 spiro atoms. The second kappa shape index (κ2) is 6.88. The largest absolute Gasteiger partial charge is 0.387 e. The predicted octanol–water partition coefficient (Wildman–Crippen LogP) is 2.56. The number of hydrogen-bond acceptors (Lipinski definition) is 3. The van der Waals surface area contributed by atoms with Gasteiger partial charge >= 0.3 is 0 Å². The Hall–Kier alpha value is -1.36. The third-order valence-corrected chi connectivity index (χ3v) is 3.49. The molecule has 0 bridgehead atoms. The van der Waals surface area contributed by atoms with Crippen molar-refractivity contribution in [1.29, 1.82) is 0 Å². The van der Waals surface area contributed by atoms with Crippen LogP contribution in [-0.4, -0.2) is 27.5 Å². The molecule has 1 aromatic heterocycles. The Morgan fingerprint density at radius 1 is 1.40 bits per heavy atom. The number of nitrogens with zero attached hydrogens (tertiary/aromatic N) is 2. The standard InChI is InChI=1S/C15H20ClN3O/c1-11-7-18-19(9-11)10-12(2)17-8-15(20)13-5-3-4-6-14(13)16/h3-7,9,12,15,17,20H,8,10H2,1-2H3/t12-,15-/m0/s1. The Labute approximate surface area is 124 Å². The van der Waals surface area contributed by atoms with Crippen LogP contribution in [0.1, 0.15) is 24.2 Å². The molecule has 0 saturated carbocycles. The van der Waals surface area contributed by atoms with Crippen molar-refractivity contribution in [3.63, 3.8) is 0 Å². The molecule has 0 aliphatic heterocycles. The Morgan fingerprint density at radius 3 is 2.80 bits per heavy atom. The fraction of sp³-hybridized carbons (Fsp3) is 0.400. The van der Waals surface area contributed by atoms with Crippen LogP contribution in [0.3, 0.4) is 0 Å². The number of aliphatic hydroxyl groups excluding tert-OH is 1. The van der Waals surface area contributed by atoms with E-state index in [0.717, 1.165) is 17.7 Å². The third kappa shape index (κ3) is 4.07. The van der Waals surface area contributed by atoms with Crippen molar-refractivity contribution in [3.8, 4) is 0 Å².